The van der Waals surface area contributed by atoms with E-state index in [-0.39, 0.29) is 5.97 Å². The van der Waals surface area contributed by atoms with E-state index in [0.717, 1.165) is 31.5 Å². The molecule has 1 aromatic carbocycles. The molecule has 3 nitrogen and oxygen atoms in total. The van der Waals surface area contributed by atoms with Gasteiger partial charge in [-0.2, -0.15) is 0 Å². The summed E-state index contributed by atoms with van der Waals surface area (Å²) in [6.45, 7) is 7.89. The Labute approximate surface area is 116 Å². The molecule has 0 unspecified atom stereocenters. The molecule has 0 radical (unpaired) electrons. The van der Waals surface area contributed by atoms with Gasteiger partial charge in [0.25, 0.3) is 0 Å². The average Bonchev–Trinajstić information content (AvgIpc) is 2.39. The Bertz CT molecular complexity index is 388. The van der Waals surface area contributed by atoms with Crippen molar-refractivity contribution in [1.29, 1.82) is 0 Å². The smallest absolute Gasteiger partial charge is 0.338 e. The van der Waals surface area contributed by atoms with Gasteiger partial charge in [0.15, 0.2) is 0 Å². The quantitative estimate of drug-likeness (QED) is 0.567. The lowest BCUT2D eigenvalue weighted by molar-refractivity contribution is 0.0500. The number of carbonyl (C=O) groups is 1. The summed E-state index contributed by atoms with van der Waals surface area (Å²) in [7, 11) is 0. The van der Waals surface area contributed by atoms with Crippen molar-refractivity contribution in [1.82, 2.24) is 0 Å². The highest BCUT2D eigenvalue weighted by atomic mass is 16.5. The Balaban J connectivity index is 2.48. The molecular formula is C16H25NO2. The molecule has 0 aliphatic heterocycles. The zero-order chi connectivity index (χ0) is 14.1. The first-order valence-electron chi connectivity index (χ1n) is 7.14. The summed E-state index contributed by atoms with van der Waals surface area (Å²) in [6, 6.07) is 7.51. The maximum atomic E-state index is 11.8. The van der Waals surface area contributed by atoms with E-state index >= 15 is 0 Å². The lowest BCUT2D eigenvalue weighted by Crippen LogP contribution is -2.08. The molecule has 0 fully saturated rings. The van der Waals surface area contributed by atoms with E-state index in [1.165, 1.54) is 0 Å². The largest absolute Gasteiger partial charge is 0.462 e. The maximum Gasteiger partial charge on any atom is 0.338 e. The average molecular weight is 263 g/mol. The van der Waals surface area contributed by atoms with Crippen LogP contribution < -0.4 is 5.32 Å². The molecule has 0 spiro atoms. The molecule has 0 saturated carbocycles. The van der Waals surface area contributed by atoms with Crippen molar-refractivity contribution in [3.8, 4) is 0 Å². The highest BCUT2D eigenvalue weighted by Gasteiger charge is 2.07. The molecule has 0 aromatic heterocycles. The molecule has 19 heavy (non-hydrogen) atoms. The van der Waals surface area contributed by atoms with E-state index in [0.29, 0.717) is 18.1 Å². The third-order valence-electron chi connectivity index (χ3n) is 2.88. The van der Waals surface area contributed by atoms with E-state index in [2.05, 4.69) is 26.1 Å². The Morgan fingerprint density at radius 2 is 2.16 bits per heavy atom. The zero-order valence-electron chi connectivity index (χ0n) is 12.2. The second-order valence-corrected chi connectivity index (χ2v) is 5.18. The summed E-state index contributed by atoms with van der Waals surface area (Å²) >= 11 is 0. The van der Waals surface area contributed by atoms with Crippen LogP contribution in [0.5, 0.6) is 0 Å². The van der Waals surface area contributed by atoms with Crippen molar-refractivity contribution in [2.24, 2.45) is 5.92 Å². The minimum atomic E-state index is -0.235. The third kappa shape index (κ3) is 6.27. The van der Waals surface area contributed by atoms with Gasteiger partial charge in [0.05, 0.1) is 12.2 Å². The highest BCUT2D eigenvalue weighted by Crippen LogP contribution is 2.12. The topological polar surface area (TPSA) is 38.3 Å². The first-order chi connectivity index (χ1) is 9.13. The van der Waals surface area contributed by atoms with Gasteiger partial charge in [-0.05, 0) is 37.0 Å². The Hall–Kier alpha value is -1.51. The minimum Gasteiger partial charge on any atom is -0.462 e. The van der Waals surface area contributed by atoms with Gasteiger partial charge in [0.1, 0.15) is 0 Å². The molecule has 0 bridgehead atoms. The number of ether oxygens (including phenoxy) is 1. The lowest BCUT2D eigenvalue weighted by atomic mass is 10.1. The van der Waals surface area contributed by atoms with Crippen molar-refractivity contribution < 1.29 is 9.53 Å². The Kier molecular flexibility index (Phi) is 7.01. The number of rotatable bonds is 8. The van der Waals surface area contributed by atoms with Crippen LogP contribution in [0.15, 0.2) is 24.3 Å². The third-order valence-corrected chi connectivity index (χ3v) is 2.88. The Morgan fingerprint density at radius 3 is 2.84 bits per heavy atom. The summed E-state index contributed by atoms with van der Waals surface area (Å²) in [5.74, 6) is 0.440. The fourth-order valence-corrected chi connectivity index (χ4v) is 1.65. The monoisotopic (exact) mass is 263 g/mol. The molecule has 0 aliphatic carbocycles. The first kappa shape index (κ1) is 15.5. The van der Waals surface area contributed by atoms with Crippen molar-refractivity contribution in [2.45, 2.75) is 40.0 Å². The van der Waals surface area contributed by atoms with Crippen LogP contribution in [0.1, 0.15) is 50.4 Å². The van der Waals surface area contributed by atoms with Gasteiger partial charge in [-0.15, -0.1) is 0 Å². The fourth-order valence-electron chi connectivity index (χ4n) is 1.65. The molecule has 1 rings (SSSR count). The molecule has 0 aliphatic rings. The van der Waals surface area contributed by atoms with Gasteiger partial charge in [-0.25, -0.2) is 4.79 Å². The summed E-state index contributed by atoms with van der Waals surface area (Å²) in [6.07, 6.45) is 3.06. The molecular weight excluding hydrogens is 238 g/mol. The predicted molar refractivity (Wildman–Crippen MR) is 79.6 cm³/mol. The minimum absolute atomic E-state index is 0.235. The lowest BCUT2D eigenvalue weighted by Gasteiger charge is -2.10. The summed E-state index contributed by atoms with van der Waals surface area (Å²) in [4.78, 5) is 11.8. The molecule has 0 amide bonds. The number of hydrogen-bond donors (Lipinski definition) is 1. The second kappa shape index (κ2) is 8.57. The van der Waals surface area contributed by atoms with Crippen LogP contribution in [0.4, 0.5) is 5.69 Å². The van der Waals surface area contributed by atoms with E-state index in [1.807, 2.05) is 18.2 Å². The van der Waals surface area contributed by atoms with Crippen LogP contribution in [-0.2, 0) is 4.74 Å². The van der Waals surface area contributed by atoms with E-state index in [4.69, 9.17) is 4.74 Å². The summed E-state index contributed by atoms with van der Waals surface area (Å²) in [5.41, 5.74) is 1.59. The van der Waals surface area contributed by atoms with Gasteiger partial charge in [0, 0.05) is 12.2 Å². The van der Waals surface area contributed by atoms with Gasteiger partial charge < -0.3 is 10.1 Å². The van der Waals surface area contributed by atoms with Gasteiger partial charge in [-0.1, -0.05) is 33.3 Å². The number of unbranched alkanes of at least 4 members (excludes halogenated alkanes) is 1. The van der Waals surface area contributed by atoms with E-state index < -0.39 is 0 Å². The molecule has 0 heterocycles. The standard InChI is InChI=1S/C16H25NO2/c1-4-5-11-19-16(18)14-7-6-8-15(12-14)17-10-9-13(2)3/h6-8,12-13,17H,4-5,9-11H2,1-3H3. The highest BCUT2D eigenvalue weighted by molar-refractivity contribution is 5.90. The normalized spacial score (nSPS) is 10.5. The van der Waals surface area contributed by atoms with Crippen LogP contribution in [0.3, 0.4) is 0 Å². The molecule has 3 heteroatoms. The number of benzene rings is 1. The van der Waals surface area contributed by atoms with Crippen molar-refractivity contribution in [2.75, 3.05) is 18.5 Å². The maximum absolute atomic E-state index is 11.8. The van der Waals surface area contributed by atoms with Crippen molar-refractivity contribution in [3.05, 3.63) is 29.8 Å². The summed E-state index contributed by atoms with van der Waals surface area (Å²) < 4.78 is 5.20. The fraction of sp³-hybridized carbons (Fsp3) is 0.562. The number of nitrogens with one attached hydrogen (secondary N) is 1. The van der Waals surface area contributed by atoms with Crippen LogP contribution in [-0.4, -0.2) is 19.1 Å². The predicted octanol–water partition coefficient (Wildman–Crippen LogP) is 4.10. The first-order valence-corrected chi connectivity index (χ1v) is 7.14. The van der Waals surface area contributed by atoms with Crippen LogP contribution in [0.2, 0.25) is 0 Å². The Morgan fingerprint density at radius 1 is 1.37 bits per heavy atom. The SMILES string of the molecule is CCCCOC(=O)c1cccc(NCCC(C)C)c1. The molecule has 1 N–H and O–H groups in total. The molecule has 0 saturated heterocycles. The number of anilines is 1. The zero-order valence-corrected chi connectivity index (χ0v) is 12.2. The number of esters is 1. The number of hydrogen-bond acceptors (Lipinski definition) is 3. The van der Waals surface area contributed by atoms with Gasteiger partial charge in [0.2, 0.25) is 0 Å². The van der Waals surface area contributed by atoms with Crippen molar-refractivity contribution >= 4 is 11.7 Å². The van der Waals surface area contributed by atoms with E-state index in [9.17, 15) is 4.79 Å². The molecule has 1 aromatic rings. The second-order valence-electron chi connectivity index (χ2n) is 5.18. The number of carbonyl (C=O) groups excluding carboxylic acids is 1. The van der Waals surface area contributed by atoms with Crippen LogP contribution in [0.25, 0.3) is 0 Å². The van der Waals surface area contributed by atoms with Gasteiger partial charge in [-0.3, -0.25) is 0 Å². The summed E-state index contributed by atoms with van der Waals surface area (Å²) in [5, 5.41) is 3.33. The van der Waals surface area contributed by atoms with E-state index in [1.54, 1.807) is 6.07 Å². The molecule has 0 atom stereocenters. The van der Waals surface area contributed by atoms with Crippen LogP contribution in [0, 0.1) is 5.92 Å². The van der Waals surface area contributed by atoms with Crippen molar-refractivity contribution in [3.63, 3.8) is 0 Å². The molecule has 106 valence electrons. The van der Waals surface area contributed by atoms with Crippen LogP contribution >= 0.6 is 0 Å². The van der Waals surface area contributed by atoms with Gasteiger partial charge >= 0.3 is 5.97 Å².